The summed E-state index contributed by atoms with van der Waals surface area (Å²) in [6.07, 6.45) is -0.0158. The Bertz CT molecular complexity index is 1210. The smallest absolute Gasteiger partial charge is 0.191 e. The predicted octanol–water partition coefficient (Wildman–Crippen LogP) is 2.11. The van der Waals surface area contributed by atoms with E-state index in [4.69, 9.17) is 4.74 Å². The van der Waals surface area contributed by atoms with Gasteiger partial charge < -0.3 is 25.4 Å². The van der Waals surface area contributed by atoms with Gasteiger partial charge in [0, 0.05) is 30.2 Å². The molecule has 2 unspecified atom stereocenters. The Balaban J connectivity index is 1.44. The molecular weight excluding hydrogens is 475 g/mol. The van der Waals surface area contributed by atoms with Crippen molar-refractivity contribution >= 4 is 28.7 Å². The summed E-state index contributed by atoms with van der Waals surface area (Å²) >= 11 is 1.51. The Kier molecular flexibility index (Phi) is 6.80. The number of fused-ring (bicyclic) bond motifs is 1. The van der Waals surface area contributed by atoms with Crippen LogP contribution in [0.3, 0.4) is 0 Å². The van der Waals surface area contributed by atoms with Crippen LogP contribution in [0.4, 0.5) is 10.2 Å². The first-order chi connectivity index (χ1) is 16.9. The van der Waals surface area contributed by atoms with E-state index < -0.39 is 24.2 Å². The summed E-state index contributed by atoms with van der Waals surface area (Å²) in [5, 5.41) is 43.0. The molecule has 0 spiro atoms. The van der Waals surface area contributed by atoms with E-state index >= 15 is 0 Å². The minimum atomic E-state index is -1.09. The number of nitrogens with one attached hydrogen (secondary N) is 1. The maximum Gasteiger partial charge on any atom is 0.191 e. The number of thioether (sulfide) groups is 1. The number of rotatable bonds is 9. The Morgan fingerprint density at radius 3 is 2.74 bits per heavy atom. The third-order valence-corrected chi connectivity index (χ3v) is 7.83. The van der Waals surface area contributed by atoms with Gasteiger partial charge in [-0.15, -0.1) is 5.10 Å². The molecular formula is C23H29FN6O4S. The normalized spacial score (nSPS) is 27.9. The van der Waals surface area contributed by atoms with Gasteiger partial charge in [-0.1, -0.05) is 30.0 Å². The Hall–Kier alpha value is -2.54. The Labute approximate surface area is 205 Å². The molecule has 0 radical (unpaired) electrons. The number of aliphatic hydroxyl groups is 3. The van der Waals surface area contributed by atoms with Gasteiger partial charge in [-0.2, -0.15) is 0 Å². The summed E-state index contributed by atoms with van der Waals surface area (Å²) in [6, 6.07) is 4.49. The fourth-order valence-corrected chi connectivity index (χ4v) is 5.42. The minimum absolute atomic E-state index is 0.0488. The van der Waals surface area contributed by atoms with Gasteiger partial charge >= 0.3 is 0 Å². The Morgan fingerprint density at radius 1 is 1.23 bits per heavy atom. The SMILES string of the molecule is CCCSc1nc(NC2CC2c2ccc(OC)c(F)c2)c2nnn([C@@H]3C[C@H](CO)[C@@H](O)[C@H]3O)c2n1. The number of aliphatic hydroxyl groups excluding tert-OH is 3. The number of benzene rings is 1. The Morgan fingerprint density at radius 2 is 2.06 bits per heavy atom. The van der Waals surface area contributed by atoms with Crippen LogP contribution in [0.25, 0.3) is 11.2 Å². The van der Waals surface area contributed by atoms with E-state index in [0.717, 1.165) is 24.2 Å². The van der Waals surface area contributed by atoms with Gasteiger partial charge in [0.05, 0.1) is 19.3 Å². The summed E-state index contributed by atoms with van der Waals surface area (Å²) in [5.41, 5.74) is 1.81. The quantitative estimate of drug-likeness (QED) is 0.253. The molecule has 2 fully saturated rings. The molecule has 2 aliphatic rings. The van der Waals surface area contributed by atoms with E-state index in [2.05, 4.69) is 32.5 Å². The molecule has 188 valence electrons. The predicted molar refractivity (Wildman–Crippen MR) is 128 cm³/mol. The van der Waals surface area contributed by atoms with Crippen molar-refractivity contribution in [3.8, 4) is 5.75 Å². The van der Waals surface area contributed by atoms with Crippen LogP contribution in [0.5, 0.6) is 5.75 Å². The van der Waals surface area contributed by atoms with Crippen LogP contribution < -0.4 is 10.1 Å². The molecule has 1 aromatic carbocycles. The summed E-state index contributed by atoms with van der Waals surface area (Å²) in [7, 11) is 1.44. The molecule has 2 aliphatic carbocycles. The van der Waals surface area contributed by atoms with Crippen molar-refractivity contribution in [2.75, 3.05) is 24.8 Å². The number of halogens is 1. The fraction of sp³-hybridized carbons (Fsp3) is 0.565. The highest BCUT2D eigenvalue weighted by Crippen LogP contribution is 2.44. The van der Waals surface area contributed by atoms with Gasteiger partial charge in [0.25, 0.3) is 0 Å². The molecule has 35 heavy (non-hydrogen) atoms. The van der Waals surface area contributed by atoms with E-state index in [1.165, 1.54) is 29.6 Å². The number of ether oxygens (including phenoxy) is 1. The van der Waals surface area contributed by atoms with Crippen LogP contribution in [0, 0.1) is 11.7 Å². The maximum atomic E-state index is 14.2. The summed E-state index contributed by atoms with van der Waals surface area (Å²) in [5.74, 6) is 0.876. The lowest BCUT2D eigenvalue weighted by Crippen LogP contribution is -2.30. The molecule has 3 aromatic rings. The zero-order chi connectivity index (χ0) is 24.7. The minimum Gasteiger partial charge on any atom is -0.494 e. The maximum absolute atomic E-state index is 14.2. The fourth-order valence-electron chi connectivity index (χ4n) is 4.73. The monoisotopic (exact) mass is 504 g/mol. The second-order valence-corrected chi connectivity index (χ2v) is 10.2. The third kappa shape index (κ3) is 4.55. The van der Waals surface area contributed by atoms with Gasteiger partial charge in [0.15, 0.2) is 33.7 Å². The van der Waals surface area contributed by atoms with Gasteiger partial charge in [0.1, 0.15) is 6.10 Å². The number of hydrogen-bond donors (Lipinski definition) is 4. The van der Waals surface area contributed by atoms with Crippen LogP contribution in [0.15, 0.2) is 23.4 Å². The summed E-state index contributed by atoms with van der Waals surface area (Å²) in [4.78, 5) is 9.33. The largest absolute Gasteiger partial charge is 0.494 e. The highest BCUT2D eigenvalue weighted by molar-refractivity contribution is 7.99. The zero-order valence-electron chi connectivity index (χ0n) is 19.5. The van der Waals surface area contributed by atoms with Crippen molar-refractivity contribution in [2.24, 2.45) is 5.92 Å². The first-order valence-corrected chi connectivity index (χ1v) is 12.8. The van der Waals surface area contributed by atoms with Crippen molar-refractivity contribution in [3.63, 3.8) is 0 Å². The van der Waals surface area contributed by atoms with Crippen LogP contribution >= 0.6 is 11.8 Å². The lowest BCUT2D eigenvalue weighted by molar-refractivity contribution is -0.00512. The average molecular weight is 505 g/mol. The van der Waals surface area contributed by atoms with Crippen molar-refractivity contribution in [1.29, 1.82) is 0 Å². The number of aromatic nitrogens is 5. The van der Waals surface area contributed by atoms with E-state index in [0.29, 0.717) is 28.6 Å². The van der Waals surface area contributed by atoms with Crippen molar-refractivity contribution in [1.82, 2.24) is 25.0 Å². The first kappa shape index (κ1) is 24.2. The lowest BCUT2D eigenvalue weighted by Gasteiger charge is -2.17. The molecule has 0 amide bonds. The van der Waals surface area contributed by atoms with Crippen LogP contribution in [-0.2, 0) is 0 Å². The summed E-state index contributed by atoms with van der Waals surface area (Å²) in [6.45, 7) is 1.85. The molecule has 0 saturated heterocycles. The average Bonchev–Trinajstić information content (AvgIpc) is 3.40. The van der Waals surface area contributed by atoms with Crippen molar-refractivity contribution in [2.45, 2.75) is 61.6 Å². The topological polar surface area (TPSA) is 138 Å². The molecule has 12 heteroatoms. The number of anilines is 1. The van der Waals surface area contributed by atoms with E-state index in [-0.39, 0.29) is 30.1 Å². The molecule has 0 bridgehead atoms. The van der Waals surface area contributed by atoms with E-state index in [1.807, 2.05) is 6.07 Å². The van der Waals surface area contributed by atoms with Gasteiger partial charge in [-0.3, -0.25) is 0 Å². The molecule has 2 aromatic heterocycles. The molecule has 0 aliphatic heterocycles. The second-order valence-electron chi connectivity index (χ2n) is 9.12. The van der Waals surface area contributed by atoms with Crippen LogP contribution in [0.1, 0.15) is 43.7 Å². The van der Waals surface area contributed by atoms with Crippen LogP contribution in [-0.4, -0.2) is 78.0 Å². The van der Waals surface area contributed by atoms with E-state index in [9.17, 15) is 19.7 Å². The van der Waals surface area contributed by atoms with Gasteiger partial charge in [-0.25, -0.2) is 19.0 Å². The van der Waals surface area contributed by atoms with Crippen molar-refractivity contribution in [3.05, 3.63) is 29.6 Å². The molecule has 5 rings (SSSR count). The molecule has 4 N–H and O–H groups in total. The van der Waals surface area contributed by atoms with Crippen LogP contribution in [0.2, 0.25) is 0 Å². The molecule has 2 heterocycles. The molecule has 2 saturated carbocycles. The molecule has 6 atom stereocenters. The summed E-state index contributed by atoms with van der Waals surface area (Å²) < 4.78 is 20.7. The second kappa shape index (κ2) is 9.84. The number of nitrogens with zero attached hydrogens (tertiary/aromatic N) is 5. The van der Waals surface area contributed by atoms with Crippen molar-refractivity contribution < 1.29 is 24.4 Å². The number of hydrogen-bond acceptors (Lipinski definition) is 10. The highest BCUT2D eigenvalue weighted by atomic mass is 32.2. The lowest BCUT2D eigenvalue weighted by atomic mass is 10.1. The standard InChI is InChI=1S/C23H29FN6O4S/c1-3-6-35-23-26-21(25-15-9-13(15)11-4-5-17(34-2)14(24)7-11)18-22(27-23)30(29-28-18)16-8-12(10-31)19(32)20(16)33/h4-5,7,12-13,15-16,19-20,31-33H,3,6,8-10H2,1-2H3,(H,25,26,27)/t12-,13?,15?,16-,19-,20+/m1/s1. The van der Waals surface area contributed by atoms with Gasteiger partial charge in [-0.05, 0) is 37.0 Å². The third-order valence-electron chi connectivity index (χ3n) is 6.78. The molecule has 10 nitrogen and oxygen atoms in total. The van der Waals surface area contributed by atoms with E-state index in [1.54, 1.807) is 6.07 Å². The highest BCUT2D eigenvalue weighted by Gasteiger charge is 2.44. The number of methoxy groups -OCH3 is 1. The van der Waals surface area contributed by atoms with Gasteiger partial charge in [0.2, 0.25) is 0 Å². The first-order valence-electron chi connectivity index (χ1n) is 11.8. The zero-order valence-corrected chi connectivity index (χ0v) is 20.3.